The third-order valence-corrected chi connectivity index (χ3v) is 5.19. The molecule has 5 rings (SSSR count). The van der Waals surface area contributed by atoms with E-state index in [1.165, 1.54) is 5.56 Å². The summed E-state index contributed by atoms with van der Waals surface area (Å²) < 4.78 is 18.2. The Labute approximate surface area is 190 Å². The van der Waals surface area contributed by atoms with Crippen LogP contribution in [-0.2, 0) is 24.4 Å². The van der Waals surface area contributed by atoms with E-state index >= 15 is 0 Å². The highest BCUT2D eigenvalue weighted by atomic mass is 16.5. The molecule has 0 spiro atoms. The number of rotatable bonds is 8. The molecule has 9 nitrogen and oxygen atoms in total. The van der Waals surface area contributed by atoms with Crippen LogP contribution in [0.25, 0.3) is 27.9 Å². The topological polar surface area (TPSA) is 100 Å². The van der Waals surface area contributed by atoms with Crippen molar-refractivity contribution < 1.29 is 14.0 Å². The van der Waals surface area contributed by atoms with Crippen LogP contribution >= 0.6 is 0 Å². The van der Waals surface area contributed by atoms with Gasteiger partial charge in [-0.1, -0.05) is 43.3 Å². The predicted octanol–water partition coefficient (Wildman–Crippen LogP) is 4.25. The second kappa shape index (κ2) is 8.95. The van der Waals surface area contributed by atoms with E-state index in [1.54, 1.807) is 17.7 Å². The van der Waals surface area contributed by atoms with E-state index in [0.717, 1.165) is 22.9 Å². The zero-order chi connectivity index (χ0) is 22.8. The third-order valence-electron chi connectivity index (χ3n) is 5.19. The van der Waals surface area contributed by atoms with Gasteiger partial charge in [0.25, 0.3) is 0 Å². The number of nitrogens with zero attached hydrogens (tertiary/aromatic N) is 6. The fourth-order valence-corrected chi connectivity index (χ4v) is 3.72. The van der Waals surface area contributed by atoms with Crippen LogP contribution in [0.3, 0.4) is 0 Å². The Kier molecular flexibility index (Phi) is 5.70. The van der Waals surface area contributed by atoms with E-state index in [0.29, 0.717) is 47.9 Å². The molecule has 5 aromatic rings. The monoisotopic (exact) mass is 444 g/mol. The molecule has 0 bridgehead atoms. The molecule has 0 fully saturated rings. The molecule has 9 heteroatoms. The van der Waals surface area contributed by atoms with Gasteiger partial charge in [0.05, 0.1) is 5.69 Å². The van der Waals surface area contributed by atoms with Gasteiger partial charge in [0.2, 0.25) is 11.7 Å². The first-order valence-corrected chi connectivity index (χ1v) is 10.8. The van der Waals surface area contributed by atoms with Gasteiger partial charge in [-0.25, -0.2) is 0 Å². The lowest BCUT2D eigenvalue weighted by molar-refractivity contribution is 0.156. The average Bonchev–Trinajstić information content (AvgIpc) is 3.45. The van der Waals surface area contributed by atoms with Gasteiger partial charge >= 0.3 is 0 Å². The summed E-state index contributed by atoms with van der Waals surface area (Å²) in [4.78, 5) is 4.55. The van der Waals surface area contributed by atoms with Gasteiger partial charge in [0, 0.05) is 30.1 Å². The lowest BCUT2D eigenvalue weighted by Crippen LogP contribution is -2.05. The summed E-state index contributed by atoms with van der Waals surface area (Å²) >= 11 is 0. The van der Waals surface area contributed by atoms with E-state index in [-0.39, 0.29) is 0 Å². The zero-order valence-electron chi connectivity index (χ0n) is 18.7. The predicted molar refractivity (Wildman–Crippen MR) is 122 cm³/mol. The van der Waals surface area contributed by atoms with E-state index in [1.807, 2.05) is 36.5 Å². The summed E-state index contributed by atoms with van der Waals surface area (Å²) in [5.41, 5.74) is 3.18. The Hall–Kier alpha value is -3.85. The number of methoxy groups -OCH3 is 1. The number of ether oxygens (including phenoxy) is 2. The SMILES string of the molecule is COCc1cc(-c2nnc3c4ccccc4c(OCc4ccc(CC(C)C)cn4)nn23)no1. The van der Waals surface area contributed by atoms with Crippen molar-refractivity contribution in [3.63, 3.8) is 0 Å². The Balaban J connectivity index is 1.49. The Bertz CT molecular complexity index is 1390. The fourth-order valence-electron chi connectivity index (χ4n) is 3.72. The molecule has 4 heterocycles. The zero-order valence-corrected chi connectivity index (χ0v) is 18.7. The lowest BCUT2D eigenvalue weighted by atomic mass is 10.0. The Morgan fingerprint density at radius 1 is 1.03 bits per heavy atom. The Morgan fingerprint density at radius 3 is 2.64 bits per heavy atom. The standard InChI is InChI=1S/C24H24N6O3/c1-15(2)10-16-8-9-17(25-12-16)13-32-24-20-7-5-4-6-19(20)22-26-27-23(30(22)28-24)21-11-18(14-31-3)33-29-21/h4-9,11-12,15H,10,13-14H2,1-3H3. The molecule has 0 radical (unpaired) electrons. The average molecular weight is 444 g/mol. The summed E-state index contributed by atoms with van der Waals surface area (Å²) in [6, 6.07) is 13.7. The van der Waals surface area contributed by atoms with Gasteiger partial charge in [0.1, 0.15) is 13.2 Å². The first-order valence-electron chi connectivity index (χ1n) is 10.8. The van der Waals surface area contributed by atoms with Crippen molar-refractivity contribution in [1.82, 2.24) is 30.0 Å². The summed E-state index contributed by atoms with van der Waals surface area (Å²) in [5.74, 6) is 2.11. The van der Waals surface area contributed by atoms with Crippen LogP contribution in [0.4, 0.5) is 0 Å². The summed E-state index contributed by atoms with van der Waals surface area (Å²) in [7, 11) is 1.60. The maximum Gasteiger partial charge on any atom is 0.240 e. The van der Waals surface area contributed by atoms with Crippen LogP contribution in [0.2, 0.25) is 0 Å². The molecular weight excluding hydrogens is 420 g/mol. The summed E-state index contributed by atoms with van der Waals surface area (Å²) in [6.45, 7) is 5.00. The molecule has 0 amide bonds. The van der Waals surface area contributed by atoms with E-state index < -0.39 is 0 Å². The van der Waals surface area contributed by atoms with Crippen molar-refractivity contribution in [3.05, 3.63) is 65.7 Å². The Morgan fingerprint density at radius 2 is 1.88 bits per heavy atom. The van der Waals surface area contributed by atoms with Crippen molar-refractivity contribution in [3.8, 4) is 17.4 Å². The molecule has 33 heavy (non-hydrogen) atoms. The van der Waals surface area contributed by atoms with Crippen LogP contribution < -0.4 is 4.74 Å². The van der Waals surface area contributed by atoms with Crippen LogP contribution in [0.5, 0.6) is 5.88 Å². The van der Waals surface area contributed by atoms with Crippen molar-refractivity contribution >= 4 is 16.4 Å². The number of benzene rings is 1. The molecule has 0 unspecified atom stereocenters. The van der Waals surface area contributed by atoms with Crippen molar-refractivity contribution in [2.45, 2.75) is 33.5 Å². The van der Waals surface area contributed by atoms with Gasteiger partial charge < -0.3 is 14.0 Å². The van der Waals surface area contributed by atoms with Crippen molar-refractivity contribution in [2.24, 2.45) is 5.92 Å². The normalized spacial score (nSPS) is 11.6. The molecule has 0 N–H and O–H groups in total. The number of hydrogen-bond donors (Lipinski definition) is 0. The highest BCUT2D eigenvalue weighted by Gasteiger charge is 2.19. The minimum atomic E-state index is 0.296. The minimum Gasteiger partial charge on any atom is -0.470 e. The smallest absolute Gasteiger partial charge is 0.240 e. The summed E-state index contributed by atoms with van der Waals surface area (Å²) in [5, 5.41) is 19.2. The van der Waals surface area contributed by atoms with Gasteiger partial charge in [-0.15, -0.1) is 15.3 Å². The van der Waals surface area contributed by atoms with Crippen LogP contribution in [0.15, 0.2) is 53.2 Å². The third kappa shape index (κ3) is 4.27. The van der Waals surface area contributed by atoms with Crippen molar-refractivity contribution in [2.75, 3.05) is 7.11 Å². The van der Waals surface area contributed by atoms with Crippen molar-refractivity contribution in [1.29, 1.82) is 0 Å². The maximum absolute atomic E-state index is 6.12. The van der Waals surface area contributed by atoms with Gasteiger partial charge in [-0.3, -0.25) is 4.98 Å². The molecule has 0 aliphatic carbocycles. The van der Waals surface area contributed by atoms with Crippen LogP contribution in [0, 0.1) is 5.92 Å². The van der Waals surface area contributed by atoms with Gasteiger partial charge in [-0.05, 0) is 30.0 Å². The molecule has 0 atom stereocenters. The summed E-state index contributed by atoms with van der Waals surface area (Å²) in [6.07, 6.45) is 2.91. The lowest BCUT2D eigenvalue weighted by Gasteiger charge is -2.10. The molecular formula is C24H24N6O3. The van der Waals surface area contributed by atoms with E-state index in [9.17, 15) is 0 Å². The second-order valence-corrected chi connectivity index (χ2v) is 8.27. The molecule has 1 aromatic carbocycles. The second-order valence-electron chi connectivity index (χ2n) is 8.27. The molecule has 168 valence electrons. The quantitative estimate of drug-likeness (QED) is 0.350. The molecule has 0 aliphatic heterocycles. The number of aromatic nitrogens is 6. The molecule has 0 aliphatic rings. The number of hydrogen-bond acceptors (Lipinski definition) is 8. The van der Waals surface area contributed by atoms with Gasteiger partial charge in [-0.2, -0.15) is 4.52 Å². The van der Waals surface area contributed by atoms with Crippen LogP contribution in [0.1, 0.15) is 30.9 Å². The highest BCUT2D eigenvalue weighted by Crippen LogP contribution is 2.29. The van der Waals surface area contributed by atoms with Gasteiger partial charge in [0.15, 0.2) is 17.1 Å². The molecule has 0 saturated heterocycles. The maximum atomic E-state index is 6.12. The fraction of sp³-hybridized carbons (Fsp3) is 0.292. The number of fused-ring (bicyclic) bond motifs is 3. The molecule has 4 aromatic heterocycles. The van der Waals surface area contributed by atoms with E-state index in [4.69, 9.17) is 19.1 Å². The largest absolute Gasteiger partial charge is 0.470 e. The first-order chi connectivity index (χ1) is 16.1. The number of pyridine rings is 1. The minimum absolute atomic E-state index is 0.296. The highest BCUT2D eigenvalue weighted by molar-refractivity contribution is 5.96. The van der Waals surface area contributed by atoms with E-state index in [2.05, 4.69) is 40.3 Å². The van der Waals surface area contributed by atoms with Crippen LogP contribution in [-0.4, -0.2) is 37.1 Å². The molecule has 0 saturated carbocycles. The first kappa shape index (κ1) is 21.0.